The summed E-state index contributed by atoms with van der Waals surface area (Å²) in [7, 11) is 0. The first-order valence-corrected chi connectivity index (χ1v) is 3.94. The van der Waals surface area contributed by atoms with Crippen molar-refractivity contribution in [1.29, 1.82) is 0 Å². The molecule has 2 aliphatic heterocycles. The molecule has 0 spiro atoms. The zero-order valence-electron chi connectivity index (χ0n) is 6.58. The van der Waals surface area contributed by atoms with E-state index in [1.165, 1.54) is 4.90 Å². The van der Waals surface area contributed by atoms with Crippen molar-refractivity contribution >= 4 is 6.09 Å². The molecule has 2 heterocycles. The second-order valence-corrected chi connectivity index (χ2v) is 3.05. The molecule has 0 aromatic rings. The number of nitrogens with one attached hydrogen (secondary N) is 2. The summed E-state index contributed by atoms with van der Waals surface area (Å²) in [5, 5.41) is 8.71. The van der Waals surface area contributed by atoms with E-state index >= 15 is 0 Å². The molecule has 2 aliphatic rings. The Bertz CT molecular complexity index is 239. The highest BCUT2D eigenvalue weighted by molar-refractivity contribution is 5.65. The average molecular weight is 169 g/mol. The van der Waals surface area contributed by atoms with E-state index in [9.17, 15) is 4.79 Å². The molecule has 5 heteroatoms. The molecule has 2 rings (SSSR count). The highest BCUT2D eigenvalue weighted by atomic mass is 16.4. The van der Waals surface area contributed by atoms with E-state index in [2.05, 4.69) is 10.9 Å². The van der Waals surface area contributed by atoms with Gasteiger partial charge in [-0.05, 0) is 6.08 Å². The topological polar surface area (TPSA) is 64.6 Å². The first-order valence-electron chi connectivity index (χ1n) is 3.94. The van der Waals surface area contributed by atoms with Gasteiger partial charge in [0, 0.05) is 31.2 Å². The number of carboxylic acid groups (broad SMARTS) is 1. The van der Waals surface area contributed by atoms with Crippen molar-refractivity contribution < 1.29 is 9.90 Å². The quantitative estimate of drug-likeness (QED) is 0.461. The molecule has 0 bridgehead atoms. The van der Waals surface area contributed by atoms with E-state index in [0.29, 0.717) is 19.0 Å². The molecule has 0 aliphatic carbocycles. The summed E-state index contributed by atoms with van der Waals surface area (Å²) in [6.07, 6.45) is 1.08. The summed E-state index contributed by atoms with van der Waals surface area (Å²) in [6.45, 7) is 1.91. The standard InChI is InChI=1S/C7H11N3O2/c11-7(12)10-2-1-6-5(4-10)3-8-9-6/h1,5,8-9H,2-4H2,(H,11,12). The molecule has 5 nitrogen and oxygen atoms in total. The van der Waals surface area contributed by atoms with Crippen LogP contribution < -0.4 is 10.9 Å². The summed E-state index contributed by atoms with van der Waals surface area (Å²) >= 11 is 0. The summed E-state index contributed by atoms with van der Waals surface area (Å²) in [5.74, 6) is 0.315. The van der Waals surface area contributed by atoms with Crippen LogP contribution in [0.2, 0.25) is 0 Å². The predicted octanol–water partition coefficient (Wildman–Crippen LogP) is -0.412. The number of nitrogens with zero attached hydrogens (tertiary/aromatic N) is 1. The molecule has 3 N–H and O–H groups in total. The van der Waals surface area contributed by atoms with E-state index < -0.39 is 6.09 Å². The molecule has 1 atom stereocenters. The second-order valence-electron chi connectivity index (χ2n) is 3.05. The molecule has 12 heavy (non-hydrogen) atoms. The largest absolute Gasteiger partial charge is 0.465 e. The third-order valence-electron chi connectivity index (χ3n) is 2.26. The fourth-order valence-electron chi connectivity index (χ4n) is 1.57. The van der Waals surface area contributed by atoms with Crippen LogP contribution in [0.3, 0.4) is 0 Å². The summed E-state index contributed by atoms with van der Waals surface area (Å²) in [6, 6.07) is 0. The van der Waals surface area contributed by atoms with E-state index in [-0.39, 0.29) is 0 Å². The molecule has 1 unspecified atom stereocenters. The first kappa shape index (κ1) is 7.42. The minimum Gasteiger partial charge on any atom is -0.465 e. The number of amides is 1. The number of rotatable bonds is 0. The van der Waals surface area contributed by atoms with Gasteiger partial charge >= 0.3 is 6.09 Å². The predicted molar refractivity (Wildman–Crippen MR) is 42.3 cm³/mol. The van der Waals surface area contributed by atoms with E-state index in [4.69, 9.17) is 5.11 Å². The Morgan fingerprint density at radius 1 is 1.75 bits per heavy atom. The van der Waals surface area contributed by atoms with Gasteiger partial charge in [-0.15, -0.1) is 0 Å². The van der Waals surface area contributed by atoms with E-state index in [1.54, 1.807) is 0 Å². The zero-order valence-corrected chi connectivity index (χ0v) is 6.58. The van der Waals surface area contributed by atoms with Crippen molar-refractivity contribution in [1.82, 2.24) is 15.8 Å². The van der Waals surface area contributed by atoms with Gasteiger partial charge in [0.05, 0.1) is 0 Å². The van der Waals surface area contributed by atoms with Crippen molar-refractivity contribution in [2.75, 3.05) is 19.6 Å². The van der Waals surface area contributed by atoms with Gasteiger partial charge in [0.15, 0.2) is 0 Å². The molecule has 0 saturated carbocycles. The molecule has 66 valence electrons. The van der Waals surface area contributed by atoms with Gasteiger partial charge < -0.3 is 15.4 Å². The highest BCUT2D eigenvalue weighted by Crippen LogP contribution is 2.17. The van der Waals surface area contributed by atoms with Gasteiger partial charge in [-0.1, -0.05) is 0 Å². The van der Waals surface area contributed by atoms with Crippen LogP contribution in [-0.4, -0.2) is 35.7 Å². The third kappa shape index (κ3) is 1.12. The number of hydrogen-bond donors (Lipinski definition) is 3. The van der Waals surface area contributed by atoms with Crippen LogP contribution >= 0.6 is 0 Å². The van der Waals surface area contributed by atoms with Crippen LogP contribution in [0.15, 0.2) is 11.8 Å². The van der Waals surface area contributed by atoms with Gasteiger partial charge in [-0.3, -0.25) is 0 Å². The smallest absolute Gasteiger partial charge is 0.407 e. The minimum atomic E-state index is -0.836. The molecular weight excluding hydrogens is 158 g/mol. The highest BCUT2D eigenvalue weighted by Gasteiger charge is 2.28. The maximum absolute atomic E-state index is 10.6. The summed E-state index contributed by atoms with van der Waals surface area (Å²) < 4.78 is 0. The Morgan fingerprint density at radius 3 is 3.33 bits per heavy atom. The fraction of sp³-hybridized carbons (Fsp3) is 0.571. The molecule has 1 amide bonds. The molecule has 1 fully saturated rings. The van der Waals surface area contributed by atoms with Crippen molar-refractivity contribution in [2.24, 2.45) is 5.92 Å². The first-order chi connectivity index (χ1) is 5.77. The Labute approximate surface area is 70.0 Å². The van der Waals surface area contributed by atoms with Gasteiger partial charge in [-0.2, -0.15) is 0 Å². The van der Waals surface area contributed by atoms with Crippen molar-refractivity contribution in [2.45, 2.75) is 0 Å². The monoisotopic (exact) mass is 169 g/mol. The molecule has 1 saturated heterocycles. The summed E-state index contributed by atoms with van der Waals surface area (Å²) in [5.41, 5.74) is 7.13. The lowest BCUT2D eigenvalue weighted by atomic mass is 10.0. The third-order valence-corrected chi connectivity index (χ3v) is 2.26. The van der Waals surface area contributed by atoms with Gasteiger partial charge in [-0.25, -0.2) is 10.2 Å². The maximum Gasteiger partial charge on any atom is 0.407 e. The van der Waals surface area contributed by atoms with Crippen LogP contribution in [0.5, 0.6) is 0 Å². The lowest BCUT2D eigenvalue weighted by molar-refractivity contribution is 0.143. The van der Waals surface area contributed by atoms with Crippen molar-refractivity contribution in [3.63, 3.8) is 0 Å². The summed E-state index contributed by atoms with van der Waals surface area (Å²) in [4.78, 5) is 12.0. The Hall–Kier alpha value is -1.23. The van der Waals surface area contributed by atoms with E-state index in [1.807, 2.05) is 6.08 Å². The van der Waals surface area contributed by atoms with Crippen molar-refractivity contribution in [3.05, 3.63) is 11.8 Å². The Morgan fingerprint density at radius 2 is 2.58 bits per heavy atom. The lowest BCUT2D eigenvalue weighted by Crippen LogP contribution is -2.38. The van der Waals surface area contributed by atoms with Crippen LogP contribution in [0.25, 0.3) is 0 Å². The van der Waals surface area contributed by atoms with Crippen LogP contribution in [0.4, 0.5) is 4.79 Å². The molecule has 0 radical (unpaired) electrons. The SMILES string of the molecule is O=C(O)N1CC=C2NNCC2C1. The van der Waals surface area contributed by atoms with Gasteiger partial charge in [0.2, 0.25) is 0 Å². The normalized spacial score (nSPS) is 27.5. The molecular formula is C7H11N3O2. The average Bonchev–Trinajstić information content (AvgIpc) is 2.49. The molecule has 0 aromatic carbocycles. The number of fused-ring (bicyclic) bond motifs is 1. The van der Waals surface area contributed by atoms with Crippen LogP contribution in [-0.2, 0) is 0 Å². The fourth-order valence-corrected chi connectivity index (χ4v) is 1.57. The Balaban J connectivity index is 2.08. The number of carbonyl (C=O) groups is 1. The minimum absolute atomic E-state index is 0.315. The maximum atomic E-state index is 10.6. The van der Waals surface area contributed by atoms with Gasteiger partial charge in [0.25, 0.3) is 0 Å². The van der Waals surface area contributed by atoms with Gasteiger partial charge in [0.1, 0.15) is 0 Å². The van der Waals surface area contributed by atoms with Crippen LogP contribution in [0, 0.1) is 5.92 Å². The lowest BCUT2D eigenvalue weighted by Gasteiger charge is -2.25. The Kier molecular flexibility index (Phi) is 1.65. The van der Waals surface area contributed by atoms with Crippen molar-refractivity contribution in [3.8, 4) is 0 Å². The number of hydrazine groups is 1. The van der Waals surface area contributed by atoms with E-state index in [0.717, 1.165) is 12.2 Å². The molecule has 0 aromatic heterocycles. The number of hydrogen-bond acceptors (Lipinski definition) is 3. The second kappa shape index (κ2) is 2.67. The zero-order chi connectivity index (χ0) is 8.55. The van der Waals surface area contributed by atoms with Crippen LogP contribution in [0.1, 0.15) is 0 Å².